The van der Waals surface area contributed by atoms with Crippen LogP contribution in [0.1, 0.15) is 19.0 Å². The van der Waals surface area contributed by atoms with Gasteiger partial charge in [-0.05, 0) is 12.5 Å². The molecule has 7 heteroatoms. The van der Waals surface area contributed by atoms with E-state index in [0.717, 1.165) is 50.8 Å². The van der Waals surface area contributed by atoms with Gasteiger partial charge in [-0.1, -0.05) is 6.92 Å². The Labute approximate surface area is 141 Å². The molecule has 2 aromatic rings. The summed E-state index contributed by atoms with van der Waals surface area (Å²) in [5, 5.41) is 9.65. The summed E-state index contributed by atoms with van der Waals surface area (Å²) in [5.41, 5.74) is 0.637. The van der Waals surface area contributed by atoms with Crippen LogP contribution in [0.5, 0.6) is 5.75 Å². The van der Waals surface area contributed by atoms with Crippen LogP contribution in [0.4, 0.5) is 5.95 Å². The number of anilines is 1. The number of pyridine rings is 1. The topological polar surface area (TPSA) is 74.5 Å². The fourth-order valence-electron chi connectivity index (χ4n) is 2.98. The zero-order valence-electron chi connectivity index (χ0n) is 13.9. The van der Waals surface area contributed by atoms with Crippen molar-refractivity contribution in [3.63, 3.8) is 0 Å². The summed E-state index contributed by atoms with van der Waals surface area (Å²) in [6.45, 7) is 7.08. The first-order valence-electron chi connectivity index (χ1n) is 8.34. The van der Waals surface area contributed by atoms with Crippen molar-refractivity contribution in [3.05, 3.63) is 46.6 Å². The fraction of sp³-hybridized carbons (Fsp3) is 0.471. The second-order valence-corrected chi connectivity index (χ2v) is 6.02. The molecule has 1 fully saturated rings. The third-order valence-electron chi connectivity index (χ3n) is 4.25. The first-order chi connectivity index (χ1) is 11.7. The molecule has 1 aliphatic heterocycles. The van der Waals surface area contributed by atoms with E-state index in [1.165, 1.54) is 0 Å². The SMILES string of the molecule is CCCn1cc(O)c(=O)cc1CN1CCN(c2ncccn2)CC1. The summed E-state index contributed by atoms with van der Waals surface area (Å²) in [6.07, 6.45) is 6.02. The van der Waals surface area contributed by atoms with Gasteiger partial charge in [0, 0.05) is 63.4 Å². The van der Waals surface area contributed by atoms with Crippen molar-refractivity contribution in [1.29, 1.82) is 0 Å². The Kier molecular flexibility index (Phi) is 5.10. The molecule has 3 heterocycles. The zero-order valence-corrected chi connectivity index (χ0v) is 13.9. The normalized spacial score (nSPS) is 15.6. The third kappa shape index (κ3) is 3.73. The molecule has 3 rings (SSSR count). The van der Waals surface area contributed by atoms with E-state index in [1.54, 1.807) is 24.7 Å². The average Bonchev–Trinajstić information content (AvgIpc) is 2.61. The Morgan fingerprint density at radius 3 is 2.54 bits per heavy atom. The maximum atomic E-state index is 11.8. The molecule has 0 saturated carbocycles. The van der Waals surface area contributed by atoms with Crippen LogP contribution < -0.4 is 10.3 Å². The Balaban J connectivity index is 1.66. The molecule has 1 saturated heterocycles. The molecule has 0 unspecified atom stereocenters. The summed E-state index contributed by atoms with van der Waals surface area (Å²) in [4.78, 5) is 24.8. The Bertz CT molecular complexity index is 724. The van der Waals surface area contributed by atoms with Crippen LogP contribution in [0.2, 0.25) is 0 Å². The van der Waals surface area contributed by atoms with E-state index in [2.05, 4.69) is 26.7 Å². The summed E-state index contributed by atoms with van der Waals surface area (Å²) < 4.78 is 1.98. The molecule has 128 valence electrons. The lowest BCUT2D eigenvalue weighted by Gasteiger charge is -2.35. The molecule has 0 spiro atoms. The van der Waals surface area contributed by atoms with Crippen molar-refractivity contribution < 1.29 is 5.11 Å². The molecular formula is C17H23N5O2. The fourth-order valence-corrected chi connectivity index (χ4v) is 2.98. The molecule has 0 aliphatic carbocycles. The minimum Gasteiger partial charge on any atom is -0.503 e. The molecule has 0 bridgehead atoms. The van der Waals surface area contributed by atoms with Crippen molar-refractivity contribution in [2.75, 3.05) is 31.1 Å². The molecule has 24 heavy (non-hydrogen) atoms. The van der Waals surface area contributed by atoms with Gasteiger partial charge in [0.15, 0.2) is 5.75 Å². The molecule has 1 N–H and O–H groups in total. The van der Waals surface area contributed by atoms with Gasteiger partial charge in [0.05, 0.1) is 6.20 Å². The van der Waals surface area contributed by atoms with Crippen molar-refractivity contribution in [2.45, 2.75) is 26.4 Å². The predicted molar refractivity (Wildman–Crippen MR) is 92.2 cm³/mol. The van der Waals surface area contributed by atoms with Crippen molar-refractivity contribution in [3.8, 4) is 5.75 Å². The van der Waals surface area contributed by atoms with Crippen molar-refractivity contribution >= 4 is 5.95 Å². The van der Waals surface area contributed by atoms with Crippen molar-refractivity contribution in [2.24, 2.45) is 0 Å². The largest absolute Gasteiger partial charge is 0.503 e. The van der Waals surface area contributed by atoms with Gasteiger partial charge < -0.3 is 14.6 Å². The zero-order chi connectivity index (χ0) is 16.9. The van der Waals surface area contributed by atoms with E-state index >= 15 is 0 Å². The number of aryl methyl sites for hydroxylation is 1. The minimum absolute atomic E-state index is 0.182. The van der Waals surface area contributed by atoms with Gasteiger partial charge in [0.1, 0.15) is 0 Å². The van der Waals surface area contributed by atoms with Crippen LogP contribution in [-0.2, 0) is 13.1 Å². The number of hydrogen-bond donors (Lipinski definition) is 1. The minimum atomic E-state index is -0.311. The summed E-state index contributed by atoms with van der Waals surface area (Å²) in [5.74, 6) is 0.586. The van der Waals surface area contributed by atoms with E-state index < -0.39 is 0 Å². The molecule has 0 aromatic carbocycles. The van der Waals surface area contributed by atoms with Gasteiger partial charge in [-0.15, -0.1) is 0 Å². The van der Waals surface area contributed by atoms with Crippen LogP contribution in [0, 0.1) is 0 Å². The molecule has 2 aromatic heterocycles. The number of nitrogens with zero attached hydrogens (tertiary/aromatic N) is 5. The van der Waals surface area contributed by atoms with Gasteiger partial charge in [-0.25, -0.2) is 9.97 Å². The van der Waals surface area contributed by atoms with E-state index in [1.807, 2.05) is 10.6 Å². The lowest BCUT2D eigenvalue weighted by atomic mass is 10.2. The second-order valence-electron chi connectivity index (χ2n) is 6.02. The highest BCUT2D eigenvalue weighted by Crippen LogP contribution is 2.13. The monoisotopic (exact) mass is 329 g/mol. The van der Waals surface area contributed by atoms with Crippen LogP contribution in [0.3, 0.4) is 0 Å². The lowest BCUT2D eigenvalue weighted by molar-refractivity contribution is 0.241. The smallest absolute Gasteiger partial charge is 0.225 e. The predicted octanol–water partition coefficient (Wildman–Crippen LogP) is 1.08. The Morgan fingerprint density at radius 2 is 1.88 bits per heavy atom. The first-order valence-corrected chi connectivity index (χ1v) is 8.34. The highest BCUT2D eigenvalue weighted by atomic mass is 16.3. The Morgan fingerprint density at radius 1 is 1.17 bits per heavy atom. The summed E-state index contributed by atoms with van der Waals surface area (Å²) in [6, 6.07) is 3.37. The number of aromatic nitrogens is 3. The van der Waals surface area contributed by atoms with Gasteiger partial charge in [0.25, 0.3) is 0 Å². The molecule has 0 amide bonds. The Hall–Kier alpha value is -2.41. The van der Waals surface area contributed by atoms with E-state index in [9.17, 15) is 9.90 Å². The molecule has 7 nitrogen and oxygen atoms in total. The van der Waals surface area contributed by atoms with Crippen LogP contribution in [0.25, 0.3) is 0 Å². The lowest BCUT2D eigenvalue weighted by Crippen LogP contribution is -2.46. The highest BCUT2D eigenvalue weighted by Gasteiger charge is 2.19. The maximum absolute atomic E-state index is 11.8. The highest BCUT2D eigenvalue weighted by molar-refractivity contribution is 5.29. The summed E-state index contributed by atoms with van der Waals surface area (Å²) in [7, 11) is 0. The van der Waals surface area contributed by atoms with E-state index in [0.29, 0.717) is 6.54 Å². The summed E-state index contributed by atoms with van der Waals surface area (Å²) >= 11 is 0. The standard InChI is InChI=1S/C17H23N5O2/c1-2-6-22-13-16(24)15(23)11-14(22)12-20-7-9-21(10-8-20)17-18-4-3-5-19-17/h3-5,11,13,24H,2,6-10,12H2,1H3. The number of aromatic hydroxyl groups is 1. The van der Waals surface area contributed by atoms with E-state index in [4.69, 9.17) is 0 Å². The van der Waals surface area contributed by atoms with Crippen LogP contribution in [-0.4, -0.2) is 50.7 Å². The number of hydrogen-bond acceptors (Lipinski definition) is 6. The van der Waals surface area contributed by atoms with E-state index in [-0.39, 0.29) is 11.2 Å². The molecule has 0 radical (unpaired) electrons. The second kappa shape index (κ2) is 7.44. The average molecular weight is 329 g/mol. The molecule has 1 aliphatic rings. The van der Waals surface area contributed by atoms with Gasteiger partial charge >= 0.3 is 0 Å². The first kappa shape index (κ1) is 16.4. The molecule has 0 atom stereocenters. The van der Waals surface area contributed by atoms with Gasteiger partial charge in [-0.3, -0.25) is 9.69 Å². The van der Waals surface area contributed by atoms with Crippen LogP contribution >= 0.6 is 0 Å². The van der Waals surface area contributed by atoms with Crippen LogP contribution in [0.15, 0.2) is 35.5 Å². The van der Waals surface area contributed by atoms with Gasteiger partial charge in [-0.2, -0.15) is 0 Å². The van der Waals surface area contributed by atoms with Crippen molar-refractivity contribution in [1.82, 2.24) is 19.4 Å². The quantitative estimate of drug-likeness (QED) is 0.885. The number of piperazine rings is 1. The van der Waals surface area contributed by atoms with Gasteiger partial charge in [0.2, 0.25) is 11.4 Å². The maximum Gasteiger partial charge on any atom is 0.225 e. The third-order valence-corrected chi connectivity index (χ3v) is 4.25. The molecular weight excluding hydrogens is 306 g/mol. The number of rotatable bonds is 5.